The Labute approximate surface area is 153 Å². The predicted molar refractivity (Wildman–Crippen MR) is 102 cm³/mol. The van der Waals surface area contributed by atoms with Crippen LogP contribution in [0.3, 0.4) is 0 Å². The number of hydrogen-bond acceptors (Lipinski definition) is 4. The highest BCUT2D eigenvalue weighted by Gasteiger charge is 2.13. The minimum atomic E-state index is -0.291. The molecule has 0 aliphatic carbocycles. The van der Waals surface area contributed by atoms with Crippen molar-refractivity contribution in [3.63, 3.8) is 0 Å². The van der Waals surface area contributed by atoms with Gasteiger partial charge in [0.1, 0.15) is 11.5 Å². The van der Waals surface area contributed by atoms with Crippen molar-refractivity contribution in [2.45, 2.75) is 20.3 Å². The van der Waals surface area contributed by atoms with Crippen molar-refractivity contribution in [3.05, 3.63) is 48.0 Å². The standard InChI is InChI=1S/C20H24N2O4/c1-13(2)11-19(23)21-14-5-7-15(8-6-14)22-20(24)17-10-9-16(25-3)12-18(17)26-4/h5-10,12-13H,11H2,1-4H3,(H,21,23)(H,22,24). The van der Waals surface area contributed by atoms with Gasteiger partial charge in [0.25, 0.3) is 5.91 Å². The molecule has 0 saturated carbocycles. The second kappa shape index (κ2) is 8.89. The lowest BCUT2D eigenvalue weighted by molar-refractivity contribution is -0.116. The number of rotatable bonds is 7. The molecule has 0 saturated heterocycles. The minimum Gasteiger partial charge on any atom is -0.497 e. The summed E-state index contributed by atoms with van der Waals surface area (Å²) in [6, 6.07) is 12.0. The third-order valence-corrected chi connectivity index (χ3v) is 3.67. The third-order valence-electron chi connectivity index (χ3n) is 3.67. The molecule has 6 nitrogen and oxygen atoms in total. The van der Waals surface area contributed by atoms with Crippen molar-refractivity contribution in [1.82, 2.24) is 0 Å². The maximum Gasteiger partial charge on any atom is 0.259 e. The average Bonchev–Trinajstić information content (AvgIpc) is 2.62. The molecule has 0 heterocycles. The molecular weight excluding hydrogens is 332 g/mol. The van der Waals surface area contributed by atoms with E-state index in [0.29, 0.717) is 40.8 Å². The smallest absolute Gasteiger partial charge is 0.259 e. The second-order valence-corrected chi connectivity index (χ2v) is 6.24. The van der Waals surface area contributed by atoms with Crippen LogP contribution < -0.4 is 20.1 Å². The van der Waals surface area contributed by atoms with Crippen LogP contribution in [0.25, 0.3) is 0 Å². The van der Waals surface area contributed by atoms with Crippen molar-refractivity contribution in [2.75, 3.05) is 24.9 Å². The van der Waals surface area contributed by atoms with Crippen LogP contribution in [0.1, 0.15) is 30.6 Å². The highest BCUT2D eigenvalue weighted by atomic mass is 16.5. The fourth-order valence-electron chi connectivity index (χ4n) is 2.40. The Morgan fingerprint density at radius 3 is 2.08 bits per heavy atom. The Bertz CT molecular complexity index is 770. The maximum atomic E-state index is 12.5. The zero-order chi connectivity index (χ0) is 19.1. The Morgan fingerprint density at radius 1 is 0.923 bits per heavy atom. The van der Waals surface area contributed by atoms with Gasteiger partial charge in [0.15, 0.2) is 0 Å². The Kier molecular flexibility index (Phi) is 6.60. The van der Waals surface area contributed by atoms with Gasteiger partial charge in [0.05, 0.1) is 19.8 Å². The van der Waals surface area contributed by atoms with Gasteiger partial charge in [-0.25, -0.2) is 0 Å². The van der Waals surface area contributed by atoms with Crippen LogP contribution in [-0.4, -0.2) is 26.0 Å². The molecule has 0 atom stereocenters. The van der Waals surface area contributed by atoms with Crippen molar-refractivity contribution in [1.29, 1.82) is 0 Å². The number of ether oxygens (including phenoxy) is 2. The van der Waals surface area contributed by atoms with Gasteiger partial charge in [-0.05, 0) is 42.3 Å². The predicted octanol–water partition coefficient (Wildman–Crippen LogP) is 3.94. The van der Waals surface area contributed by atoms with Crippen molar-refractivity contribution in [3.8, 4) is 11.5 Å². The van der Waals surface area contributed by atoms with Crippen LogP contribution in [0.4, 0.5) is 11.4 Å². The SMILES string of the molecule is COc1ccc(C(=O)Nc2ccc(NC(=O)CC(C)C)cc2)c(OC)c1. The maximum absolute atomic E-state index is 12.5. The van der Waals surface area contributed by atoms with Crippen LogP contribution in [0.2, 0.25) is 0 Å². The summed E-state index contributed by atoms with van der Waals surface area (Å²) < 4.78 is 10.4. The van der Waals surface area contributed by atoms with Crippen LogP contribution in [0.5, 0.6) is 11.5 Å². The average molecular weight is 356 g/mol. The number of carbonyl (C=O) groups is 2. The first-order valence-corrected chi connectivity index (χ1v) is 8.36. The summed E-state index contributed by atoms with van der Waals surface area (Å²) in [5, 5.41) is 5.64. The Hall–Kier alpha value is -3.02. The number of hydrogen-bond donors (Lipinski definition) is 2. The van der Waals surface area contributed by atoms with Gasteiger partial charge in [-0.15, -0.1) is 0 Å². The molecule has 26 heavy (non-hydrogen) atoms. The molecule has 0 aliphatic rings. The van der Waals surface area contributed by atoms with Gasteiger partial charge in [0, 0.05) is 23.9 Å². The van der Waals surface area contributed by atoms with Gasteiger partial charge < -0.3 is 20.1 Å². The van der Waals surface area contributed by atoms with Gasteiger partial charge in [0.2, 0.25) is 5.91 Å². The lowest BCUT2D eigenvalue weighted by atomic mass is 10.1. The van der Waals surface area contributed by atoms with Gasteiger partial charge in [-0.3, -0.25) is 9.59 Å². The molecule has 2 rings (SSSR count). The normalized spacial score (nSPS) is 10.3. The summed E-state index contributed by atoms with van der Waals surface area (Å²) in [4.78, 5) is 24.3. The number of benzene rings is 2. The molecule has 6 heteroatoms. The zero-order valence-corrected chi connectivity index (χ0v) is 15.5. The molecule has 2 N–H and O–H groups in total. The largest absolute Gasteiger partial charge is 0.497 e. The topological polar surface area (TPSA) is 76.7 Å². The van der Waals surface area contributed by atoms with E-state index in [9.17, 15) is 9.59 Å². The van der Waals surface area contributed by atoms with Crippen molar-refractivity contribution < 1.29 is 19.1 Å². The molecule has 0 aliphatic heterocycles. The molecule has 0 fully saturated rings. The number of anilines is 2. The molecule has 138 valence electrons. The van der Waals surface area contributed by atoms with Gasteiger partial charge in [-0.2, -0.15) is 0 Å². The minimum absolute atomic E-state index is 0.0280. The third kappa shape index (κ3) is 5.24. The summed E-state index contributed by atoms with van der Waals surface area (Å²) in [6.07, 6.45) is 0.468. The van der Waals surface area contributed by atoms with Crippen LogP contribution in [0.15, 0.2) is 42.5 Å². The quantitative estimate of drug-likeness (QED) is 0.788. The number of amides is 2. The van der Waals surface area contributed by atoms with E-state index in [1.165, 1.54) is 7.11 Å². The van der Waals surface area contributed by atoms with E-state index in [1.807, 2.05) is 13.8 Å². The monoisotopic (exact) mass is 356 g/mol. The van der Waals surface area contributed by atoms with E-state index < -0.39 is 0 Å². The molecule has 2 aromatic rings. The van der Waals surface area contributed by atoms with Crippen molar-refractivity contribution in [2.24, 2.45) is 5.92 Å². The molecule has 0 bridgehead atoms. The van der Waals surface area contributed by atoms with E-state index in [-0.39, 0.29) is 11.8 Å². The summed E-state index contributed by atoms with van der Waals surface area (Å²) in [5.74, 6) is 1.02. The number of carbonyl (C=O) groups excluding carboxylic acids is 2. The van der Waals surface area contributed by atoms with E-state index in [4.69, 9.17) is 9.47 Å². The fraction of sp³-hybridized carbons (Fsp3) is 0.300. The van der Waals surface area contributed by atoms with Crippen LogP contribution >= 0.6 is 0 Å². The highest BCUT2D eigenvalue weighted by Crippen LogP contribution is 2.25. The first-order chi connectivity index (χ1) is 12.4. The van der Waals surface area contributed by atoms with Crippen LogP contribution in [0, 0.1) is 5.92 Å². The molecule has 0 unspecified atom stereocenters. The first-order valence-electron chi connectivity index (χ1n) is 8.36. The Balaban J connectivity index is 2.04. The van der Waals surface area contributed by atoms with Gasteiger partial charge in [-0.1, -0.05) is 13.8 Å². The molecule has 0 spiro atoms. The molecule has 0 aromatic heterocycles. The second-order valence-electron chi connectivity index (χ2n) is 6.24. The summed E-state index contributed by atoms with van der Waals surface area (Å²) in [6.45, 7) is 3.98. The number of nitrogens with one attached hydrogen (secondary N) is 2. The highest BCUT2D eigenvalue weighted by molar-refractivity contribution is 6.06. The molecular formula is C20H24N2O4. The van der Waals surface area contributed by atoms with Gasteiger partial charge >= 0.3 is 0 Å². The number of methoxy groups -OCH3 is 2. The summed E-state index contributed by atoms with van der Waals surface area (Å²) >= 11 is 0. The van der Waals surface area contributed by atoms with Crippen molar-refractivity contribution >= 4 is 23.2 Å². The van der Waals surface area contributed by atoms with E-state index >= 15 is 0 Å². The Morgan fingerprint density at radius 2 is 1.54 bits per heavy atom. The van der Waals surface area contributed by atoms with E-state index in [2.05, 4.69) is 10.6 Å². The molecule has 0 radical (unpaired) electrons. The molecule has 2 amide bonds. The molecule has 2 aromatic carbocycles. The zero-order valence-electron chi connectivity index (χ0n) is 15.5. The fourth-order valence-corrected chi connectivity index (χ4v) is 2.40. The first kappa shape index (κ1) is 19.3. The summed E-state index contributed by atoms with van der Waals surface area (Å²) in [5.41, 5.74) is 1.72. The van der Waals surface area contributed by atoms with E-state index in [1.54, 1.807) is 49.6 Å². The lowest BCUT2D eigenvalue weighted by Gasteiger charge is -2.11. The lowest BCUT2D eigenvalue weighted by Crippen LogP contribution is -2.15. The van der Waals surface area contributed by atoms with Crippen LogP contribution in [-0.2, 0) is 4.79 Å². The van der Waals surface area contributed by atoms with E-state index in [0.717, 1.165) is 0 Å². The summed E-state index contributed by atoms with van der Waals surface area (Å²) in [7, 11) is 3.05.